The number of amides is 3. The summed E-state index contributed by atoms with van der Waals surface area (Å²) in [6.45, 7) is 8.37. The van der Waals surface area contributed by atoms with Crippen LogP contribution >= 0.6 is 11.8 Å². The van der Waals surface area contributed by atoms with Crippen molar-refractivity contribution in [2.45, 2.75) is 79.5 Å². The van der Waals surface area contributed by atoms with Crippen molar-refractivity contribution in [3.63, 3.8) is 0 Å². The molecule has 2 bridgehead atoms. The van der Waals surface area contributed by atoms with Gasteiger partial charge >= 0.3 is 0 Å². The fourth-order valence-electron chi connectivity index (χ4n) is 8.53. The van der Waals surface area contributed by atoms with Gasteiger partial charge < -0.3 is 19.8 Å². The largest absolute Gasteiger partial charge is 0.394 e. The van der Waals surface area contributed by atoms with Crippen LogP contribution in [0.5, 0.6) is 0 Å². The molecule has 4 fully saturated rings. The first-order valence-corrected chi connectivity index (χ1v) is 17.4. The summed E-state index contributed by atoms with van der Waals surface area (Å²) in [4.78, 5) is 49.8. The number of fused-ring (bicyclic) bond motifs is 1. The van der Waals surface area contributed by atoms with Crippen molar-refractivity contribution in [2.75, 3.05) is 24.6 Å². The van der Waals surface area contributed by atoms with Crippen LogP contribution < -0.4 is 4.90 Å². The molecule has 6 rings (SSSR count). The van der Waals surface area contributed by atoms with Gasteiger partial charge in [-0.2, -0.15) is 0 Å². The number of benzene rings is 2. The quantitative estimate of drug-likeness (QED) is 0.326. The van der Waals surface area contributed by atoms with Gasteiger partial charge in [0.1, 0.15) is 6.04 Å². The molecule has 8 heteroatoms. The number of carbonyl (C=O) groups excluding carboxylic acids is 3. The molecular formula is C37H45N3O4S. The second-order valence-corrected chi connectivity index (χ2v) is 14.6. The van der Waals surface area contributed by atoms with Crippen LogP contribution in [-0.2, 0) is 20.8 Å². The van der Waals surface area contributed by atoms with Crippen LogP contribution in [0.4, 0.5) is 5.69 Å². The Hall–Kier alpha value is -3.36. The van der Waals surface area contributed by atoms with E-state index in [4.69, 9.17) is 0 Å². The molecular weight excluding hydrogens is 582 g/mol. The molecule has 4 aliphatic rings. The lowest BCUT2D eigenvalue weighted by Crippen LogP contribution is -2.59. The van der Waals surface area contributed by atoms with E-state index in [0.29, 0.717) is 25.9 Å². The van der Waals surface area contributed by atoms with E-state index in [1.54, 1.807) is 33.7 Å². The molecule has 1 spiro atoms. The molecule has 3 aliphatic heterocycles. The number of carbonyl (C=O) groups is 3. The zero-order valence-corrected chi connectivity index (χ0v) is 26.8. The highest BCUT2D eigenvalue weighted by molar-refractivity contribution is 8.02. The number of anilines is 1. The van der Waals surface area contributed by atoms with Crippen molar-refractivity contribution in [1.29, 1.82) is 0 Å². The van der Waals surface area contributed by atoms with E-state index >= 15 is 4.79 Å². The Balaban J connectivity index is 1.42. The van der Waals surface area contributed by atoms with Gasteiger partial charge in [0.2, 0.25) is 17.7 Å². The molecule has 0 aromatic heterocycles. The van der Waals surface area contributed by atoms with Gasteiger partial charge in [-0.05, 0) is 49.8 Å². The highest BCUT2D eigenvalue weighted by Gasteiger charge is 2.74. The zero-order chi connectivity index (χ0) is 31.6. The Labute approximate surface area is 271 Å². The lowest BCUT2D eigenvalue weighted by molar-refractivity contribution is -0.147. The van der Waals surface area contributed by atoms with Gasteiger partial charge in [0, 0.05) is 30.1 Å². The molecule has 3 amide bonds. The van der Waals surface area contributed by atoms with E-state index in [1.807, 2.05) is 65.6 Å². The van der Waals surface area contributed by atoms with Crippen LogP contribution in [0, 0.1) is 11.8 Å². The number of likely N-dealkylation sites (tertiary alicyclic amines) is 1. The third kappa shape index (κ3) is 5.65. The highest BCUT2D eigenvalue weighted by Crippen LogP contribution is 2.67. The highest BCUT2D eigenvalue weighted by atomic mass is 32.2. The number of thioether (sulfide) groups is 1. The molecule has 6 atom stereocenters. The van der Waals surface area contributed by atoms with Crippen molar-refractivity contribution in [3.05, 3.63) is 91.5 Å². The average Bonchev–Trinajstić information content (AvgIpc) is 3.73. The minimum absolute atomic E-state index is 0.0517. The molecule has 2 aromatic carbocycles. The molecule has 1 N–H and O–H groups in total. The van der Waals surface area contributed by atoms with Crippen molar-refractivity contribution in [2.24, 2.45) is 11.8 Å². The third-order valence-electron chi connectivity index (χ3n) is 10.4. The summed E-state index contributed by atoms with van der Waals surface area (Å²) in [5.74, 6) is -1.53. The standard InChI is InChI=1S/C37H45N3O4S/c1-3-22-38(27-16-10-6-11-17-27)34(42)31-30-20-21-37(45-30)32(31)35(43)40(29(25-41)24-26-14-8-5-9-15-26)33(37)36(44)39(23-4-2)28-18-12-7-13-19-28/h3-6,8-11,14-17,28-33,41H,1-2,7,12-13,18-25H2/t29-,30-,31+,32+,33?,37?/m1/s1. The molecule has 45 heavy (non-hydrogen) atoms. The van der Waals surface area contributed by atoms with Crippen LogP contribution in [0.2, 0.25) is 0 Å². The Kier molecular flexibility index (Phi) is 9.52. The van der Waals surface area contributed by atoms with Gasteiger partial charge in [-0.3, -0.25) is 14.4 Å². The van der Waals surface area contributed by atoms with E-state index in [-0.39, 0.29) is 35.6 Å². The van der Waals surface area contributed by atoms with Gasteiger partial charge in [-0.25, -0.2) is 0 Å². The number of aliphatic hydroxyl groups is 1. The second kappa shape index (κ2) is 13.6. The van der Waals surface area contributed by atoms with Gasteiger partial charge in [-0.1, -0.05) is 79.9 Å². The topological polar surface area (TPSA) is 81.2 Å². The van der Waals surface area contributed by atoms with Crippen LogP contribution in [0.1, 0.15) is 50.5 Å². The fraction of sp³-hybridized carbons (Fsp3) is 0.486. The van der Waals surface area contributed by atoms with Crippen molar-refractivity contribution < 1.29 is 19.5 Å². The second-order valence-electron chi connectivity index (χ2n) is 13.0. The Morgan fingerprint density at radius 2 is 1.62 bits per heavy atom. The number of hydrogen-bond acceptors (Lipinski definition) is 5. The Morgan fingerprint density at radius 1 is 0.956 bits per heavy atom. The molecule has 2 aromatic rings. The number of hydrogen-bond donors (Lipinski definition) is 1. The maximum absolute atomic E-state index is 15.0. The number of nitrogens with zero attached hydrogens (tertiary/aromatic N) is 3. The molecule has 1 aliphatic carbocycles. The summed E-state index contributed by atoms with van der Waals surface area (Å²) < 4.78 is -0.728. The maximum atomic E-state index is 15.0. The van der Waals surface area contributed by atoms with E-state index in [0.717, 1.165) is 43.4 Å². The summed E-state index contributed by atoms with van der Waals surface area (Å²) in [5.41, 5.74) is 1.76. The molecule has 2 unspecified atom stereocenters. The summed E-state index contributed by atoms with van der Waals surface area (Å²) in [6.07, 6.45) is 10.6. The smallest absolute Gasteiger partial charge is 0.247 e. The zero-order valence-electron chi connectivity index (χ0n) is 26.0. The molecule has 3 saturated heterocycles. The summed E-state index contributed by atoms with van der Waals surface area (Å²) in [5, 5.41) is 10.8. The van der Waals surface area contributed by atoms with Gasteiger partial charge in [0.25, 0.3) is 0 Å². The predicted molar refractivity (Wildman–Crippen MR) is 180 cm³/mol. The molecule has 1 saturated carbocycles. The van der Waals surface area contributed by atoms with Crippen LogP contribution in [0.3, 0.4) is 0 Å². The Morgan fingerprint density at radius 3 is 2.27 bits per heavy atom. The normalized spacial score (nSPS) is 28.0. The minimum atomic E-state index is -0.755. The van der Waals surface area contributed by atoms with Crippen LogP contribution in [-0.4, -0.2) is 80.4 Å². The first-order chi connectivity index (χ1) is 21.9. The number of para-hydroxylation sites is 1. The lowest BCUT2D eigenvalue weighted by Gasteiger charge is -2.42. The van der Waals surface area contributed by atoms with Gasteiger partial charge in [0.05, 0.1) is 29.2 Å². The summed E-state index contributed by atoms with van der Waals surface area (Å²) in [7, 11) is 0. The summed E-state index contributed by atoms with van der Waals surface area (Å²) in [6, 6.07) is 18.1. The minimum Gasteiger partial charge on any atom is -0.394 e. The fourth-order valence-corrected chi connectivity index (χ4v) is 10.7. The number of rotatable bonds is 12. The Bertz CT molecular complexity index is 1400. The van der Waals surface area contributed by atoms with Crippen LogP contribution in [0.15, 0.2) is 86.0 Å². The van der Waals surface area contributed by atoms with Gasteiger partial charge in [0.15, 0.2) is 0 Å². The lowest BCUT2D eigenvalue weighted by atomic mass is 9.70. The molecule has 0 radical (unpaired) electrons. The summed E-state index contributed by atoms with van der Waals surface area (Å²) >= 11 is 1.69. The maximum Gasteiger partial charge on any atom is 0.247 e. The molecule has 238 valence electrons. The monoisotopic (exact) mass is 627 g/mol. The van der Waals surface area contributed by atoms with Crippen molar-refractivity contribution >= 4 is 35.2 Å². The van der Waals surface area contributed by atoms with E-state index in [2.05, 4.69) is 13.2 Å². The van der Waals surface area contributed by atoms with Crippen molar-refractivity contribution in [1.82, 2.24) is 9.80 Å². The first-order valence-electron chi connectivity index (χ1n) is 16.5. The van der Waals surface area contributed by atoms with E-state index < -0.39 is 28.7 Å². The SMILES string of the molecule is C=CCN(C(=O)[C@@H]1[C@H]2C(=O)N([C@@H](CO)Cc3ccccc3)C(C(=O)N(CC=C)C3CCCCC3)C23CC[C@H]1S3)c1ccccc1. The predicted octanol–water partition coefficient (Wildman–Crippen LogP) is 5.25. The van der Waals surface area contributed by atoms with Crippen molar-refractivity contribution in [3.8, 4) is 0 Å². The first kappa shape index (κ1) is 31.6. The average molecular weight is 628 g/mol. The third-order valence-corrected chi connectivity index (χ3v) is 12.4. The van der Waals surface area contributed by atoms with E-state index in [1.165, 1.54) is 6.42 Å². The van der Waals surface area contributed by atoms with Gasteiger partial charge in [-0.15, -0.1) is 24.9 Å². The number of aliphatic hydroxyl groups excluding tert-OH is 1. The molecule has 7 nitrogen and oxygen atoms in total. The molecule has 3 heterocycles. The van der Waals surface area contributed by atoms with E-state index in [9.17, 15) is 14.7 Å². The van der Waals surface area contributed by atoms with Crippen LogP contribution in [0.25, 0.3) is 0 Å².